The van der Waals surface area contributed by atoms with E-state index in [9.17, 15) is 4.79 Å². The number of nitrogens with one attached hydrogen (secondary N) is 2. The number of hydrogen-bond donors (Lipinski definition) is 2. The van der Waals surface area contributed by atoms with Crippen LogP contribution in [0.4, 0.5) is 11.5 Å². The van der Waals surface area contributed by atoms with Crippen molar-refractivity contribution in [1.29, 1.82) is 0 Å². The maximum absolute atomic E-state index is 12.5. The van der Waals surface area contributed by atoms with E-state index >= 15 is 0 Å². The molecular formula is C28H27N5O4. The van der Waals surface area contributed by atoms with Crippen LogP contribution >= 0.6 is 0 Å². The number of pyridine rings is 1. The highest BCUT2D eigenvalue weighted by atomic mass is 16.5. The minimum absolute atomic E-state index is 0.192. The molecule has 9 nitrogen and oxygen atoms in total. The van der Waals surface area contributed by atoms with Crippen LogP contribution in [-0.4, -0.2) is 48.4 Å². The van der Waals surface area contributed by atoms with E-state index in [2.05, 4.69) is 26.3 Å². The highest BCUT2D eigenvalue weighted by Crippen LogP contribution is 2.42. The lowest BCUT2D eigenvalue weighted by Crippen LogP contribution is -2.37. The third-order valence-corrected chi connectivity index (χ3v) is 6.57. The molecule has 0 spiro atoms. The van der Waals surface area contributed by atoms with Crippen LogP contribution in [0, 0.1) is 0 Å². The molecule has 2 aromatic heterocycles. The molecule has 0 unspecified atom stereocenters. The Morgan fingerprint density at radius 3 is 2.84 bits per heavy atom. The number of fused-ring (bicyclic) bond motifs is 2. The first-order valence-corrected chi connectivity index (χ1v) is 12.3. The van der Waals surface area contributed by atoms with E-state index in [1.807, 2.05) is 42.6 Å². The molecule has 4 aromatic rings. The molecule has 4 heterocycles. The summed E-state index contributed by atoms with van der Waals surface area (Å²) in [5.74, 6) is 3.40. The molecule has 2 aromatic carbocycles. The number of para-hydroxylation sites is 1. The largest absolute Gasteiger partial charge is 0.495 e. The van der Waals surface area contributed by atoms with Gasteiger partial charge in [0.15, 0.2) is 0 Å². The van der Waals surface area contributed by atoms with Crippen LogP contribution in [0.1, 0.15) is 16.7 Å². The predicted molar refractivity (Wildman–Crippen MR) is 141 cm³/mol. The molecule has 2 aliphatic heterocycles. The van der Waals surface area contributed by atoms with Crippen LogP contribution in [0.2, 0.25) is 0 Å². The van der Waals surface area contributed by atoms with E-state index in [-0.39, 0.29) is 5.56 Å². The first-order chi connectivity index (χ1) is 18.2. The number of rotatable bonds is 6. The lowest BCUT2D eigenvalue weighted by molar-refractivity contribution is 0.122. The van der Waals surface area contributed by atoms with Crippen LogP contribution in [0.25, 0.3) is 11.4 Å². The number of aromatic nitrogens is 3. The summed E-state index contributed by atoms with van der Waals surface area (Å²) in [6.45, 7) is 3.28. The number of ether oxygens (including phenoxy) is 3. The van der Waals surface area contributed by atoms with Gasteiger partial charge in [0.05, 0.1) is 32.1 Å². The number of methoxy groups -OCH3 is 1. The SMILES string of the molecule is COc1cncc(CNc2ccc3c(c2)Cc2cccc(-c4nc(N5CCOCC5)cc(=O)[nH]4)c2O3)c1. The molecule has 2 aliphatic rings. The number of benzene rings is 2. The molecule has 6 rings (SSSR count). The van der Waals surface area contributed by atoms with Gasteiger partial charge in [0, 0.05) is 55.1 Å². The Hall–Kier alpha value is -4.37. The van der Waals surface area contributed by atoms with Gasteiger partial charge in [-0.3, -0.25) is 9.78 Å². The first kappa shape index (κ1) is 23.1. The summed E-state index contributed by atoms with van der Waals surface area (Å²) in [6.07, 6.45) is 4.22. The zero-order chi connectivity index (χ0) is 25.2. The van der Waals surface area contributed by atoms with Crippen LogP contribution in [-0.2, 0) is 17.7 Å². The van der Waals surface area contributed by atoms with E-state index < -0.39 is 0 Å². The fourth-order valence-corrected chi connectivity index (χ4v) is 4.68. The van der Waals surface area contributed by atoms with E-state index in [0.717, 1.165) is 45.2 Å². The third kappa shape index (κ3) is 4.85. The van der Waals surface area contributed by atoms with E-state index in [1.54, 1.807) is 13.3 Å². The molecule has 37 heavy (non-hydrogen) atoms. The van der Waals surface area contributed by atoms with Crippen molar-refractivity contribution in [1.82, 2.24) is 15.0 Å². The van der Waals surface area contributed by atoms with Gasteiger partial charge >= 0.3 is 0 Å². The van der Waals surface area contributed by atoms with Crippen molar-refractivity contribution in [3.8, 4) is 28.6 Å². The summed E-state index contributed by atoms with van der Waals surface area (Å²) in [6, 6.07) is 15.5. The summed E-state index contributed by atoms with van der Waals surface area (Å²) < 4.78 is 17.1. The van der Waals surface area contributed by atoms with Gasteiger partial charge in [-0.15, -0.1) is 0 Å². The topological polar surface area (TPSA) is 102 Å². The Labute approximate surface area is 214 Å². The van der Waals surface area contributed by atoms with Crippen LogP contribution in [0.15, 0.2) is 65.7 Å². The van der Waals surface area contributed by atoms with E-state index in [0.29, 0.717) is 50.9 Å². The molecular weight excluding hydrogens is 470 g/mol. The summed E-state index contributed by atoms with van der Waals surface area (Å²) in [5.41, 5.74) is 4.73. The molecule has 2 N–H and O–H groups in total. The van der Waals surface area contributed by atoms with E-state index in [1.165, 1.54) is 6.07 Å². The molecule has 0 amide bonds. The first-order valence-electron chi connectivity index (χ1n) is 12.3. The van der Waals surface area contributed by atoms with Crippen molar-refractivity contribution in [3.05, 3.63) is 88.0 Å². The molecule has 0 atom stereocenters. The Kier molecular flexibility index (Phi) is 6.20. The summed E-state index contributed by atoms with van der Waals surface area (Å²) in [7, 11) is 1.63. The fourth-order valence-electron chi connectivity index (χ4n) is 4.68. The smallest absolute Gasteiger partial charge is 0.253 e. The molecule has 1 saturated heterocycles. The van der Waals surface area contributed by atoms with Gasteiger partial charge < -0.3 is 29.4 Å². The lowest BCUT2D eigenvalue weighted by atomic mass is 9.97. The van der Waals surface area contributed by atoms with Crippen LogP contribution in [0.3, 0.4) is 0 Å². The average Bonchev–Trinajstić information content (AvgIpc) is 2.95. The van der Waals surface area contributed by atoms with Gasteiger partial charge in [0.2, 0.25) is 0 Å². The number of H-pyrrole nitrogens is 1. The molecule has 0 bridgehead atoms. The quantitative estimate of drug-likeness (QED) is 0.363. The fraction of sp³-hybridized carbons (Fsp3) is 0.250. The van der Waals surface area contributed by atoms with Gasteiger partial charge in [-0.25, -0.2) is 4.98 Å². The Bertz CT molecular complexity index is 1500. The van der Waals surface area contributed by atoms with Crippen LogP contribution in [0.5, 0.6) is 17.2 Å². The summed E-state index contributed by atoms with van der Waals surface area (Å²) >= 11 is 0. The van der Waals surface area contributed by atoms with Gasteiger partial charge in [-0.1, -0.05) is 12.1 Å². The second-order valence-electron chi connectivity index (χ2n) is 9.03. The minimum atomic E-state index is -0.192. The van der Waals surface area contributed by atoms with Crippen molar-refractivity contribution < 1.29 is 14.2 Å². The van der Waals surface area contributed by atoms with Gasteiger partial charge in [0.1, 0.15) is 28.9 Å². The number of hydrogen-bond acceptors (Lipinski definition) is 8. The molecule has 0 aliphatic carbocycles. The minimum Gasteiger partial charge on any atom is -0.495 e. The van der Waals surface area contributed by atoms with Gasteiger partial charge in [0.25, 0.3) is 5.56 Å². The van der Waals surface area contributed by atoms with E-state index in [4.69, 9.17) is 19.2 Å². The molecule has 0 radical (unpaired) electrons. The maximum atomic E-state index is 12.5. The van der Waals surface area contributed by atoms with Crippen LogP contribution < -0.4 is 25.2 Å². The number of aromatic amines is 1. The zero-order valence-corrected chi connectivity index (χ0v) is 20.5. The number of anilines is 2. The summed E-state index contributed by atoms with van der Waals surface area (Å²) in [4.78, 5) is 26.5. The van der Waals surface area contributed by atoms with Gasteiger partial charge in [-0.05, 0) is 35.9 Å². The highest BCUT2D eigenvalue weighted by molar-refractivity contribution is 5.71. The second-order valence-corrected chi connectivity index (χ2v) is 9.03. The maximum Gasteiger partial charge on any atom is 0.253 e. The molecule has 9 heteroatoms. The van der Waals surface area contributed by atoms with Gasteiger partial charge in [-0.2, -0.15) is 0 Å². The Balaban J connectivity index is 1.25. The van der Waals surface area contributed by atoms with Crippen molar-refractivity contribution >= 4 is 11.5 Å². The zero-order valence-electron chi connectivity index (χ0n) is 20.5. The van der Waals surface area contributed by atoms with Crippen molar-refractivity contribution in [3.63, 3.8) is 0 Å². The summed E-state index contributed by atoms with van der Waals surface area (Å²) in [5, 5.41) is 3.45. The average molecular weight is 498 g/mol. The van der Waals surface area contributed by atoms with Crippen molar-refractivity contribution in [2.75, 3.05) is 43.6 Å². The highest BCUT2D eigenvalue weighted by Gasteiger charge is 2.23. The standard InChI is InChI=1S/C28H27N5O4/c1-35-22-11-18(15-29-17-22)16-30-21-5-6-24-20(13-21)12-19-3-2-4-23(27(19)37-24)28-31-25(14-26(34)32-28)33-7-9-36-10-8-33/h2-6,11,13-15,17,30H,7-10,12,16H2,1H3,(H,31,32,34). The third-order valence-electron chi connectivity index (χ3n) is 6.57. The monoisotopic (exact) mass is 497 g/mol. The molecule has 0 saturated carbocycles. The number of nitrogens with zero attached hydrogens (tertiary/aromatic N) is 3. The van der Waals surface area contributed by atoms with Crippen molar-refractivity contribution in [2.45, 2.75) is 13.0 Å². The Morgan fingerprint density at radius 2 is 1.97 bits per heavy atom. The predicted octanol–water partition coefficient (Wildman–Crippen LogP) is 3.99. The lowest BCUT2D eigenvalue weighted by Gasteiger charge is -2.28. The second kappa shape index (κ2) is 9.94. The Morgan fingerprint density at radius 1 is 1.08 bits per heavy atom. The number of morpholine rings is 1. The normalized spacial score (nSPS) is 14.4. The molecule has 188 valence electrons. The molecule has 1 fully saturated rings. The van der Waals surface area contributed by atoms with Crippen molar-refractivity contribution in [2.24, 2.45) is 0 Å².